The van der Waals surface area contributed by atoms with Gasteiger partial charge in [-0.25, -0.2) is 0 Å². The third kappa shape index (κ3) is 2.68. The molecule has 1 aliphatic rings. The quantitative estimate of drug-likeness (QED) is 0.913. The van der Waals surface area contributed by atoms with Crippen LogP contribution in [0.2, 0.25) is 0 Å². The average molecular weight is 289 g/mol. The Kier molecular flexibility index (Phi) is 3.72. The summed E-state index contributed by atoms with van der Waals surface area (Å²) in [7, 11) is 1.81. The lowest BCUT2D eigenvalue weighted by molar-refractivity contribution is 0.0936. The summed E-state index contributed by atoms with van der Waals surface area (Å²) < 4.78 is 7.06. The number of carbonyl (C=O) groups excluding carboxylic acids is 1. The van der Waals surface area contributed by atoms with Crippen LogP contribution >= 0.6 is 0 Å². The SMILES string of the molecule is CCc1nnc(CNC(=O)c2c3c(nn2C)CCCC3)o1. The first-order chi connectivity index (χ1) is 10.2. The van der Waals surface area contributed by atoms with Crippen LogP contribution in [-0.2, 0) is 32.9 Å². The van der Waals surface area contributed by atoms with Gasteiger partial charge < -0.3 is 9.73 Å². The fourth-order valence-corrected chi connectivity index (χ4v) is 2.71. The van der Waals surface area contributed by atoms with Crippen LogP contribution in [0.1, 0.15) is 53.3 Å². The average Bonchev–Trinajstić information content (AvgIpc) is 3.07. The standard InChI is InChI=1S/C14H19N5O2/c1-3-11-16-17-12(21-11)8-15-14(20)13-9-6-4-5-7-10(9)18-19(13)2/h3-8H2,1-2H3,(H,15,20). The van der Waals surface area contributed by atoms with Crippen molar-refractivity contribution in [3.05, 3.63) is 28.7 Å². The summed E-state index contributed by atoms with van der Waals surface area (Å²) in [4.78, 5) is 12.4. The Morgan fingerprint density at radius 1 is 1.29 bits per heavy atom. The molecule has 1 amide bonds. The van der Waals surface area contributed by atoms with Crippen LogP contribution in [0.25, 0.3) is 0 Å². The summed E-state index contributed by atoms with van der Waals surface area (Å²) in [6.07, 6.45) is 4.83. The van der Waals surface area contributed by atoms with E-state index in [0.717, 1.165) is 36.9 Å². The monoisotopic (exact) mass is 289 g/mol. The van der Waals surface area contributed by atoms with Gasteiger partial charge in [0.2, 0.25) is 11.8 Å². The summed E-state index contributed by atoms with van der Waals surface area (Å²) in [5, 5.41) is 15.1. The molecule has 0 fully saturated rings. The van der Waals surface area contributed by atoms with Gasteiger partial charge in [-0.1, -0.05) is 6.92 Å². The summed E-state index contributed by atoms with van der Waals surface area (Å²) in [6.45, 7) is 2.18. The Morgan fingerprint density at radius 3 is 2.81 bits per heavy atom. The van der Waals surface area contributed by atoms with Gasteiger partial charge in [0.25, 0.3) is 5.91 Å². The van der Waals surface area contributed by atoms with Crippen LogP contribution < -0.4 is 5.32 Å². The molecule has 0 aromatic carbocycles. The highest BCUT2D eigenvalue weighted by atomic mass is 16.4. The summed E-state index contributed by atoms with van der Waals surface area (Å²) in [5.41, 5.74) is 2.79. The molecule has 7 heteroatoms. The van der Waals surface area contributed by atoms with E-state index in [0.29, 0.717) is 23.9 Å². The first kappa shape index (κ1) is 13.8. The lowest BCUT2D eigenvalue weighted by Gasteiger charge is -2.10. The zero-order valence-corrected chi connectivity index (χ0v) is 12.3. The Hall–Kier alpha value is -2.18. The van der Waals surface area contributed by atoms with Crippen molar-refractivity contribution < 1.29 is 9.21 Å². The van der Waals surface area contributed by atoms with E-state index in [1.54, 1.807) is 4.68 Å². The molecule has 0 spiro atoms. The highest BCUT2D eigenvalue weighted by Gasteiger charge is 2.23. The molecule has 7 nitrogen and oxygen atoms in total. The molecule has 2 aromatic heterocycles. The minimum atomic E-state index is -0.135. The van der Waals surface area contributed by atoms with Crippen LogP contribution in [0.5, 0.6) is 0 Å². The largest absolute Gasteiger partial charge is 0.423 e. The maximum Gasteiger partial charge on any atom is 0.270 e. The van der Waals surface area contributed by atoms with Crippen molar-refractivity contribution in [2.45, 2.75) is 45.6 Å². The number of nitrogens with one attached hydrogen (secondary N) is 1. The molecule has 0 atom stereocenters. The molecule has 3 rings (SSSR count). The number of aromatic nitrogens is 4. The van der Waals surface area contributed by atoms with E-state index in [1.807, 2.05) is 14.0 Å². The van der Waals surface area contributed by atoms with Crippen molar-refractivity contribution in [3.63, 3.8) is 0 Å². The number of amides is 1. The second kappa shape index (κ2) is 5.67. The summed E-state index contributed by atoms with van der Waals surface area (Å²) >= 11 is 0. The molecule has 0 unspecified atom stereocenters. The fraction of sp³-hybridized carbons (Fsp3) is 0.571. The molecule has 2 aromatic rings. The summed E-state index contributed by atoms with van der Waals surface area (Å²) in [5.74, 6) is 0.873. The number of hydrogen-bond donors (Lipinski definition) is 1. The van der Waals surface area contributed by atoms with Gasteiger partial charge >= 0.3 is 0 Å². The van der Waals surface area contributed by atoms with E-state index in [1.165, 1.54) is 0 Å². The molecule has 21 heavy (non-hydrogen) atoms. The van der Waals surface area contributed by atoms with Gasteiger partial charge in [-0.05, 0) is 25.7 Å². The molecule has 112 valence electrons. The molecule has 0 aliphatic heterocycles. The third-order valence-electron chi connectivity index (χ3n) is 3.75. The van der Waals surface area contributed by atoms with Gasteiger partial charge in [-0.2, -0.15) is 5.10 Å². The first-order valence-corrected chi connectivity index (χ1v) is 7.33. The molecule has 0 radical (unpaired) electrons. The van der Waals surface area contributed by atoms with Crippen molar-refractivity contribution in [2.24, 2.45) is 7.05 Å². The number of carbonyl (C=O) groups is 1. The van der Waals surface area contributed by atoms with E-state index in [2.05, 4.69) is 20.6 Å². The molecule has 0 saturated carbocycles. The van der Waals surface area contributed by atoms with Crippen molar-refractivity contribution in [1.82, 2.24) is 25.3 Å². The number of rotatable bonds is 4. The van der Waals surface area contributed by atoms with E-state index in [-0.39, 0.29) is 12.5 Å². The third-order valence-corrected chi connectivity index (χ3v) is 3.75. The van der Waals surface area contributed by atoms with Gasteiger partial charge in [-0.15, -0.1) is 10.2 Å². The number of fused-ring (bicyclic) bond motifs is 1. The van der Waals surface area contributed by atoms with Crippen molar-refractivity contribution in [1.29, 1.82) is 0 Å². The topological polar surface area (TPSA) is 85.8 Å². The van der Waals surface area contributed by atoms with E-state index in [9.17, 15) is 4.79 Å². The van der Waals surface area contributed by atoms with Crippen molar-refractivity contribution in [3.8, 4) is 0 Å². The summed E-state index contributed by atoms with van der Waals surface area (Å²) in [6, 6.07) is 0. The van der Waals surface area contributed by atoms with Crippen LogP contribution in [-0.4, -0.2) is 25.9 Å². The van der Waals surface area contributed by atoms with E-state index >= 15 is 0 Å². The normalized spacial score (nSPS) is 14.0. The van der Waals surface area contributed by atoms with Crippen molar-refractivity contribution >= 4 is 5.91 Å². The Bertz CT molecular complexity index is 658. The molecule has 2 heterocycles. The van der Waals surface area contributed by atoms with Gasteiger partial charge in [-0.3, -0.25) is 9.48 Å². The predicted octanol–water partition coefficient (Wildman–Crippen LogP) is 1.17. The minimum Gasteiger partial charge on any atom is -0.423 e. The van der Waals surface area contributed by atoms with Gasteiger partial charge in [0.15, 0.2) is 0 Å². The number of hydrogen-bond acceptors (Lipinski definition) is 5. The molecule has 0 saturated heterocycles. The molecule has 1 aliphatic carbocycles. The highest BCUT2D eigenvalue weighted by Crippen LogP contribution is 2.23. The Balaban J connectivity index is 1.72. The lowest BCUT2D eigenvalue weighted by Crippen LogP contribution is -2.26. The molecule has 1 N–H and O–H groups in total. The second-order valence-electron chi connectivity index (χ2n) is 5.23. The second-order valence-corrected chi connectivity index (χ2v) is 5.23. The zero-order chi connectivity index (χ0) is 14.8. The van der Waals surface area contributed by atoms with Gasteiger partial charge in [0.05, 0.1) is 12.2 Å². The van der Waals surface area contributed by atoms with Gasteiger partial charge in [0.1, 0.15) is 5.69 Å². The van der Waals surface area contributed by atoms with Crippen LogP contribution in [0, 0.1) is 0 Å². The van der Waals surface area contributed by atoms with E-state index < -0.39 is 0 Å². The van der Waals surface area contributed by atoms with Crippen LogP contribution in [0.4, 0.5) is 0 Å². The van der Waals surface area contributed by atoms with Crippen molar-refractivity contribution in [2.75, 3.05) is 0 Å². The zero-order valence-electron chi connectivity index (χ0n) is 12.3. The smallest absolute Gasteiger partial charge is 0.270 e. The highest BCUT2D eigenvalue weighted by molar-refractivity contribution is 5.94. The maximum atomic E-state index is 12.4. The number of nitrogens with zero attached hydrogens (tertiary/aromatic N) is 4. The number of aryl methyl sites for hydroxylation is 3. The maximum absolute atomic E-state index is 12.4. The van der Waals surface area contributed by atoms with Crippen LogP contribution in [0.3, 0.4) is 0 Å². The lowest BCUT2D eigenvalue weighted by atomic mass is 9.95. The minimum absolute atomic E-state index is 0.135. The first-order valence-electron chi connectivity index (χ1n) is 7.33. The van der Waals surface area contributed by atoms with Crippen LogP contribution in [0.15, 0.2) is 4.42 Å². The molecular weight excluding hydrogens is 270 g/mol. The predicted molar refractivity (Wildman–Crippen MR) is 74.7 cm³/mol. The fourth-order valence-electron chi connectivity index (χ4n) is 2.71. The Morgan fingerprint density at radius 2 is 2.05 bits per heavy atom. The van der Waals surface area contributed by atoms with Gasteiger partial charge in [0, 0.05) is 19.0 Å². The molecule has 0 bridgehead atoms. The molecular formula is C14H19N5O2. The Labute approximate surface area is 122 Å². The van der Waals surface area contributed by atoms with E-state index in [4.69, 9.17) is 4.42 Å².